The molecule has 0 bridgehead atoms. The number of rotatable bonds is 5. The van der Waals surface area contributed by atoms with Gasteiger partial charge in [-0.05, 0) is 37.8 Å². The third-order valence-corrected chi connectivity index (χ3v) is 4.02. The number of aliphatic hydroxyl groups is 1. The molecule has 1 heterocycles. The molecule has 0 spiro atoms. The van der Waals surface area contributed by atoms with Crippen LogP contribution in [0, 0.1) is 5.92 Å². The minimum atomic E-state index is -0.749. The molecular formula is C14H23N3O2. The van der Waals surface area contributed by atoms with E-state index in [0.717, 1.165) is 25.0 Å². The van der Waals surface area contributed by atoms with Crippen LogP contribution in [-0.4, -0.2) is 34.7 Å². The molecule has 5 N–H and O–H groups in total. The molecule has 1 saturated carbocycles. The number of nitrogens with one attached hydrogen (secondary N) is 2. The Morgan fingerprint density at radius 1 is 1.53 bits per heavy atom. The van der Waals surface area contributed by atoms with Crippen molar-refractivity contribution < 1.29 is 9.90 Å². The first kappa shape index (κ1) is 14.1. The van der Waals surface area contributed by atoms with Gasteiger partial charge in [0.1, 0.15) is 0 Å². The Labute approximate surface area is 113 Å². The fourth-order valence-corrected chi connectivity index (χ4v) is 2.61. The van der Waals surface area contributed by atoms with E-state index in [1.54, 1.807) is 0 Å². The topological polar surface area (TPSA) is 91.1 Å². The average Bonchev–Trinajstić information content (AvgIpc) is 2.92. The molecule has 0 aliphatic heterocycles. The number of carbonyl (C=O) groups is 1. The molecule has 5 heteroatoms. The van der Waals surface area contributed by atoms with Crippen molar-refractivity contribution in [2.24, 2.45) is 11.7 Å². The number of amides is 1. The second kappa shape index (κ2) is 6.21. The van der Waals surface area contributed by atoms with Crippen molar-refractivity contribution in [3.8, 4) is 0 Å². The van der Waals surface area contributed by atoms with E-state index in [-0.39, 0.29) is 18.4 Å². The van der Waals surface area contributed by atoms with Gasteiger partial charge in [0.25, 0.3) is 0 Å². The number of hydrogen-bond donors (Lipinski definition) is 4. The summed E-state index contributed by atoms with van der Waals surface area (Å²) in [5, 5.41) is 13.0. The largest absolute Gasteiger partial charge is 0.389 e. The number of aromatic nitrogens is 1. The Morgan fingerprint density at radius 2 is 2.26 bits per heavy atom. The Kier molecular flexibility index (Phi) is 4.61. The lowest BCUT2D eigenvalue weighted by Crippen LogP contribution is -2.44. The van der Waals surface area contributed by atoms with Gasteiger partial charge < -0.3 is 21.1 Å². The van der Waals surface area contributed by atoms with Crippen molar-refractivity contribution in [3.05, 3.63) is 24.0 Å². The lowest BCUT2D eigenvalue weighted by atomic mass is 9.78. The Balaban J connectivity index is 1.70. The maximum Gasteiger partial charge on any atom is 0.223 e. The molecule has 0 saturated heterocycles. The number of H-pyrrole nitrogens is 1. The predicted molar refractivity (Wildman–Crippen MR) is 73.5 cm³/mol. The first-order valence-corrected chi connectivity index (χ1v) is 6.95. The summed E-state index contributed by atoms with van der Waals surface area (Å²) in [6, 6.07) is 3.96. The van der Waals surface area contributed by atoms with E-state index in [9.17, 15) is 9.90 Å². The van der Waals surface area contributed by atoms with Gasteiger partial charge in [-0.3, -0.25) is 4.79 Å². The fraction of sp³-hybridized carbons (Fsp3) is 0.643. The molecule has 0 aromatic carbocycles. The highest BCUT2D eigenvalue weighted by atomic mass is 16.3. The summed E-state index contributed by atoms with van der Waals surface area (Å²) < 4.78 is 0. The summed E-state index contributed by atoms with van der Waals surface area (Å²) >= 11 is 0. The summed E-state index contributed by atoms with van der Waals surface area (Å²) in [5.41, 5.74) is 5.92. The van der Waals surface area contributed by atoms with Crippen LogP contribution in [0.15, 0.2) is 18.3 Å². The van der Waals surface area contributed by atoms with E-state index in [1.807, 2.05) is 18.3 Å². The number of aromatic amines is 1. The third kappa shape index (κ3) is 3.81. The smallest absolute Gasteiger partial charge is 0.223 e. The third-order valence-electron chi connectivity index (χ3n) is 4.02. The van der Waals surface area contributed by atoms with Crippen LogP contribution in [0.4, 0.5) is 0 Å². The summed E-state index contributed by atoms with van der Waals surface area (Å²) in [5.74, 6) is 0.126. The van der Waals surface area contributed by atoms with Crippen LogP contribution in [0.2, 0.25) is 0 Å². The molecule has 1 amide bonds. The Morgan fingerprint density at radius 3 is 2.84 bits per heavy atom. The highest BCUT2D eigenvalue weighted by Crippen LogP contribution is 2.31. The van der Waals surface area contributed by atoms with Gasteiger partial charge in [-0.2, -0.15) is 0 Å². The van der Waals surface area contributed by atoms with E-state index in [2.05, 4.69) is 10.3 Å². The molecule has 2 rings (SSSR count). The molecule has 0 radical (unpaired) electrons. The fourth-order valence-electron chi connectivity index (χ4n) is 2.61. The van der Waals surface area contributed by atoms with Crippen LogP contribution in [0.25, 0.3) is 0 Å². The molecular weight excluding hydrogens is 242 g/mol. The van der Waals surface area contributed by atoms with Crippen LogP contribution in [0.1, 0.15) is 31.4 Å². The van der Waals surface area contributed by atoms with E-state index >= 15 is 0 Å². The highest BCUT2D eigenvalue weighted by Gasteiger charge is 2.34. The van der Waals surface area contributed by atoms with Crippen molar-refractivity contribution in [1.82, 2.24) is 10.3 Å². The second-order valence-electron chi connectivity index (χ2n) is 5.44. The molecule has 19 heavy (non-hydrogen) atoms. The zero-order chi connectivity index (χ0) is 13.7. The van der Waals surface area contributed by atoms with Crippen LogP contribution >= 0.6 is 0 Å². The van der Waals surface area contributed by atoms with E-state index in [0.29, 0.717) is 19.4 Å². The average molecular weight is 265 g/mol. The summed E-state index contributed by atoms with van der Waals surface area (Å²) in [7, 11) is 0. The van der Waals surface area contributed by atoms with Gasteiger partial charge in [-0.1, -0.05) is 0 Å². The standard InChI is InChI=1S/C14H23N3O2/c15-10-14(19)6-3-11(4-7-14)13(18)17-9-5-12-2-1-8-16-12/h1-2,8,11,16,19H,3-7,9-10,15H2,(H,17,18). The second-order valence-corrected chi connectivity index (χ2v) is 5.44. The SMILES string of the molecule is NCC1(O)CCC(C(=O)NCCc2ccc[nH]2)CC1. The van der Waals surface area contributed by atoms with Gasteiger partial charge in [-0.15, -0.1) is 0 Å². The molecule has 1 aromatic heterocycles. The maximum absolute atomic E-state index is 12.0. The molecule has 1 aliphatic rings. The zero-order valence-corrected chi connectivity index (χ0v) is 11.2. The van der Waals surface area contributed by atoms with Crippen molar-refractivity contribution in [3.63, 3.8) is 0 Å². The predicted octanol–water partition coefficient (Wildman–Crippen LogP) is 0.553. The van der Waals surface area contributed by atoms with Crippen LogP contribution in [-0.2, 0) is 11.2 Å². The first-order valence-electron chi connectivity index (χ1n) is 6.95. The molecule has 1 fully saturated rings. The summed E-state index contributed by atoms with van der Waals surface area (Å²) in [6.07, 6.45) is 5.39. The normalized spacial score (nSPS) is 27.2. The van der Waals surface area contributed by atoms with Gasteiger partial charge in [-0.25, -0.2) is 0 Å². The minimum Gasteiger partial charge on any atom is -0.389 e. The van der Waals surface area contributed by atoms with Gasteiger partial charge in [0, 0.05) is 37.3 Å². The molecule has 106 valence electrons. The van der Waals surface area contributed by atoms with Crippen molar-refractivity contribution in [1.29, 1.82) is 0 Å². The maximum atomic E-state index is 12.0. The number of hydrogen-bond acceptors (Lipinski definition) is 3. The molecule has 0 atom stereocenters. The van der Waals surface area contributed by atoms with Crippen LogP contribution in [0.5, 0.6) is 0 Å². The van der Waals surface area contributed by atoms with Gasteiger partial charge in [0.2, 0.25) is 5.91 Å². The molecule has 1 aromatic rings. The lowest BCUT2D eigenvalue weighted by molar-refractivity contribution is -0.127. The summed E-state index contributed by atoms with van der Waals surface area (Å²) in [4.78, 5) is 15.1. The quantitative estimate of drug-likeness (QED) is 0.626. The van der Waals surface area contributed by atoms with E-state index in [4.69, 9.17) is 5.73 Å². The monoisotopic (exact) mass is 265 g/mol. The molecule has 5 nitrogen and oxygen atoms in total. The van der Waals surface area contributed by atoms with Gasteiger partial charge in [0.05, 0.1) is 5.60 Å². The highest BCUT2D eigenvalue weighted by molar-refractivity contribution is 5.78. The van der Waals surface area contributed by atoms with Crippen molar-refractivity contribution in [2.45, 2.75) is 37.7 Å². The van der Waals surface area contributed by atoms with Crippen molar-refractivity contribution in [2.75, 3.05) is 13.1 Å². The lowest BCUT2D eigenvalue weighted by Gasteiger charge is -2.34. The van der Waals surface area contributed by atoms with Crippen molar-refractivity contribution >= 4 is 5.91 Å². The van der Waals surface area contributed by atoms with Gasteiger partial charge in [0.15, 0.2) is 0 Å². The van der Waals surface area contributed by atoms with Crippen LogP contribution in [0.3, 0.4) is 0 Å². The Bertz CT molecular complexity index is 395. The first-order chi connectivity index (χ1) is 9.13. The molecule has 0 unspecified atom stereocenters. The number of nitrogens with two attached hydrogens (primary N) is 1. The zero-order valence-electron chi connectivity index (χ0n) is 11.2. The molecule has 1 aliphatic carbocycles. The van der Waals surface area contributed by atoms with Crippen LogP contribution < -0.4 is 11.1 Å². The van der Waals surface area contributed by atoms with Gasteiger partial charge >= 0.3 is 0 Å². The summed E-state index contributed by atoms with van der Waals surface area (Å²) in [6.45, 7) is 0.936. The Hall–Kier alpha value is -1.33. The minimum absolute atomic E-state index is 0.0236. The van der Waals surface area contributed by atoms with E-state index < -0.39 is 5.60 Å². The number of carbonyl (C=O) groups excluding carboxylic acids is 1. The van der Waals surface area contributed by atoms with E-state index in [1.165, 1.54) is 0 Å².